The predicted octanol–water partition coefficient (Wildman–Crippen LogP) is 4.25. The molecule has 3 nitrogen and oxygen atoms in total. The number of H-pyrrole nitrogens is 1. The number of halogens is 3. The van der Waals surface area contributed by atoms with Gasteiger partial charge in [-0.1, -0.05) is 23.2 Å². The van der Waals surface area contributed by atoms with Crippen LogP contribution in [0.25, 0.3) is 5.69 Å². The fourth-order valence-corrected chi connectivity index (χ4v) is 2.57. The molecule has 0 amide bonds. The summed E-state index contributed by atoms with van der Waals surface area (Å²) < 4.78 is 15.6. The Hall–Kier alpha value is -0.910. The third-order valence-corrected chi connectivity index (χ3v) is 3.69. The Balaban J connectivity index is 2.20. The smallest absolute Gasteiger partial charge is 0.199 e. The second-order valence-corrected chi connectivity index (χ2v) is 5.42. The maximum absolute atomic E-state index is 13.4. The van der Waals surface area contributed by atoms with Gasteiger partial charge >= 0.3 is 0 Å². The number of aromatic nitrogens is 3. The zero-order chi connectivity index (χ0) is 12.9. The average molecular weight is 304 g/mol. The van der Waals surface area contributed by atoms with E-state index in [2.05, 4.69) is 10.2 Å². The van der Waals surface area contributed by atoms with Crippen LogP contribution < -0.4 is 0 Å². The van der Waals surface area contributed by atoms with Crippen LogP contribution in [0.1, 0.15) is 24.6 Å². The van der Waals surface area contributed by atoms with Crippen molar-refractivity contribution in [3.63, 3.8) is 0 Å². The van der Waals surface area contributed by atoms with E-state index in [0.29, 0.717) is 16.4 Å². The van der Waals surface area contributed by atoms with Crippen LogP contribution in [-0.2, 0) is 0 Å². The Labute approximate surface area is 118 Å². The molecule has 3 rings (SSSR count). The topological polar surface area (TPSA) is 33.6 Å². The van der Waals surface area contributed by atoms with Crippen LogP contribution in [0.15, 0.2) is 12.1 Å². The van der Waals surface area contributed by atoms with E-state index in [9.17, 15) is 4.39 Å². The molecule has 7 heteroatoms. The monoisotopic (exact) mass is 303 g/mol. The quantitative estimate of drug-likeness (QED) is 0.664. The van der Waals surface area contributed by atoms with Gasteiger partial charge < -0.3 is 0 Å². The molecule has 1 N–H and O–H groups in total. The molecule has 0 spiro atoms. The van der Waals surface area contributed by atoms with Gasteiger partial charge in [-0.3, -0.25) is 9.67 Å². The second kappa shape index (κ2) is 4.33. The van der Waals surface area contributed by atoms with Crippen LogP contribution in [0.3, 0.4) is 0 Å². The van der Waals surface area contributed by atoms with Crippen LogP contribution in [0.4, 0.5) is 4.39 Å². The summed E-state index contributed by atoms with van der Waals surface area (Å²) in [5.41, 5.74) is 0.632. The minimum absolute atomic E-state index is 0.0256. The molecule has 1 aliphatic rings. The van der Waals surface area contributed by atoms with Crippen LogP contribution >= 0.6 is 35.4 Å². The zero-order valence-corrected chi connectivity index (χ0v) is 11.4. The van der Waals surface area contributed by atoms with Gasteiger partial charge in [-0.05, 0) is 37.2 Å². The first kappa shape index (κ1) is 12.1. The third kappa shape index (κ3) is 1.96. The molecule has 94 valence electrons. The molecule has 0 unspecified atom stereocenters. The standard InChI is InChI=1S/C11H8Cl2FN3S/c12-7-3-6(4-8(13)9(7)14)17-10(5-1-2-5)15-16-11(17)18/h3-5H,1-2H2,(H,16,18). The average Bonchev–Trinajstić information content (AvgIpc) is 3.09. The number of hydrogen-bond donors (Lipinski definition) is 1. The van der Waals surface area contributed by atoms with Crippen LogP contribution in [0.5, 0.6) is 0 Å². The minimum Gasteiger partial charge on any atom is -0.272 e. The molecule has 0 radical (unpaired) electrons. The van der Waals surface area contributed by atoms with Gasteiger partial charge in [0.25, 0.3) is 0 Å². The molecule has 1 saturated carbocycles. The fraction of sp³-hybridized carbons (Fsp3) is 0.273. The third-order valence-electron chi connectivity index (χ3n) is 2.87. The second-order valence-electron chi connectivity index (χ2n) is 4.22. The Bertz CT molecular complexity index is 652. The first-order valence-corrected chi connectivity index (χ1v) is 6.56. The largest absolute Gasteiger partial charge is 0.272 e. The Kier molecular flexibility index (Phi) is 2.92. The fourth-order valence-electron chi connectivity index (χ4n) is 1.85. The Morgan fingerprint density at radius 3 is 2.50 bits per heavy atom. The van der Waals surface area contributed by atoms with Gasteiger partial charge in [0.2, 0.25) is 0 Å². The lowest BCUT2D eigenvalue weighted by molar-refractivity contribution is 0.628. The number of hydrogen-bond acceptors (Lipinski definition) is 2. The molecule has 0 bridgehead atoms. The molecular formula is C11H8Cl2FN3S. The minimum atomic E-state index is -0.620. The lowest BCUT2D eigenvalue weighted by Gasteiger charge is -2.08. The van der Waals surface area contributed by atoms with Crippen molar-refractivity contribution in [2.45, 2.75) is 18.8 Å². The van der Waals surface area contributed by atoms with Gasteiger partial charge in [-0.25, -0.2) is 4.39 Å². The van der Waals surface area contributed by atoms with Crippen molar-refractivity contribution in [2.75, 3.05) is 0 Å². The first-order chi connectivity index (χ1) is 8.58. The number of aromatic amines is 1. The van der Waals surface area contributed by atoms with E-state index in [4.69, 9.17) is 35.4 Å². The van der Waals surface area contributed by atoms with Crippen molar-refractivity contribution in [2.24, 2.45) is 0 Å². The highest BCUT2D eigenvalue weighted by Gasteiger charge is 2.29. The van der Waals surface area contributed by atoms with E-state index in [0.717, 1.165) is 18.7 Å². The maximum atomic E-state index is 13.4. The first-order valence-electron chi connectivity index (χ1n) is 5.40. The van der Waals surface area contributed by atoms with Crippen molar-refractivity contribution in [1.82, 2.24) is 14.8 Å². The van der Waals surface area contributed by atoms with Gasteiger partial charge in [0.1, 0.15) is 5.82 Å². The van der Waals surface area contributed by atoms with E-state index < -0.39 is 5.82 Å². The summed E-state index contributed by atoms with van der Waals surface area (Å²) in [6, 6.07) is 3.00. The van der Waals surface area contributed by atoms with Gasteiger partial charge in [0, 0.05) is 5.92 Å². The molecule has 1 aliphatic carbocycles. The van der Waals surface area contributed by atoms with Crippen LogP contribution in [-0.4, -0.2) is 14.8 Å². The van der Waals surface area contributed by atoms with Gasteiger partial charge in [-0.2, -0.15) is 5.10 Å². The number of rotatable bonds is 2. The lowest BCUT2D eigenvalue weighted by Crippen LogP contribution is -2.01. The molecule has 0 atom stereocenters. The SMILES string of the molecule is Fc1c(Cl)cc(-n2c(C3CC3)n[nH]c2=S)cc1Cl. The summed E-state index contributed by atoms with van der Waals surface area (Å²) in [6.07, 6.45) is 2.17. The normalized spacial score (nSPS) is 15.1. The molecule has 1 fully saturated rings. The number of nitrogens with zero attached hydrogens (tertiary/aromatic N) is 2. The highest BCUT2D eigenvalue weighted by Crippen LogP contribution is 2.40. The highest BCUT2D eigenvalue weighted by atomic mass is 35.5. The van der Waals surface area contributed by atoms with Gasteiger partial charge in [-0.15, -0.1) is 0 Å². The van der Waals surface area contributed by atoms with Gasteiger partial charge in [0.15, 0.2) is 10.6 Å². The highest BCUT2D eigenvalue weighted by molar-refractivity contribution is 7.71. The molecule has 0 aliphatic heterocycles. The number of nitrogens with one attached hydrogen (secondary N) is 1. The van der Waals surface area contributed by atoms with Gasteiger partial charge in [0.05, 0.1) is 15.7 Å². The molecule has 1 aromatic carbocycles. The predicted molar refractivity (Wildman–Crippen MR) is 70.7 cm³/mol. The van der Waals surface area contributed by atoms with Crippen molar-refractivity contribution >= 4 is 35.4 Å². The molecular weight excluding hydrogens is 296 g/mol. The molecule has 1 aromatic heterocycles. The van der Waals surface area contributed by atoms with E-state index in [-0.39, 0.29) is 10.0 Å². The Morgan fingerprint density at radius 2 is 1.94 bits per heavy atom. The summed E-state index contributed by atoms with van der Waals surface area (Å²) in [6.45, 7) is 0. The van der Waals surface area contributed by atoms with E-state index in [1.54, 1.807) is 4.57 Å². The summed E-state index contributed by atoms with van der Waals surface area (Å²) >= 11 is 16.8. The van der Waals surface area contributed by atoms with Crippen molar-refractivity contribution < 1.29 is 4.39 Å². The molecule has 18 heavy (non-hydrogen) atoms. The summed E-state index contributed by atoms with van der Waals surface area (Å²) in [4.78, 5) is 0. The molecule has 0 saturated heterocycles. The molecule has 1 heterocycles. The Morgan fingerprint density at radius 1 is 1.33 bits per heavy atom. The zero-order valence-electron chi connectivity index (χ0n) is 9.08. The number of benzene rings is 1. The summed E-state index contributed by atoms with van der Waals surface area (Å²) in [7, 11) is 0. The van der Waals surface area contributed by atoms with E-state index in [1.807, 2.05) is 0 Å². The summed E-state index contributed by atoms with van der Waals surface area (Å²) in [5.74, 6) is 0.629. The lowest BCUT2D eigenvalue weighted by atomic mass is 10.3. The van der Waals surface area contributed by atoms with Crippen LogP contribution in [0.2, 0.25) is 10.0 Å². The van der Waals surface area contributed by atoms with E-state index >= 15 is 0 Å². The van der Waals surface area contributed by atoms with Crippen molar-refractivity contribution in [3.05, 3.63) is 38.6 Å². The maximum Gasteiger partial charge on any atom is 0.199 e. The summed E-state index contributed by atoms with van der Waals surface area (Å²) in [5, 5.41) is 6.90. The van der Waals surface area contributed by atoms with Crippen molar-refractivity contribution in [1.29, 1.82) is 0 Å². The van der Waals surface area contributed by atoms with Crippen molar-refractivity contribution in [3.8, 4) is 5.69 Å². The molecule has 2 aromatic rings. The van der Waals surface area contributed by atoms with Crippen LogP contribution in [0, 0.1) is 10.6 Å². The van der Waals surface area contributed by atoms with E-state index in [1.165, 1.54) is 12.1 Å².